The van der Waals surface area contributed by atoms with E-state index >= 15 is 0 Å². The largest absolute Gasteiger partial charge is 0.432 e. The number of amides is 1. The van der Waals surface area contributed by atoms with Crippen LogP contribution in [0.1, 0.15) is 22.8 Å². The average Bonchev–Trinajstić information content (AvgIpc) is 2.92. The van der Waals surface area contributed by atoms with Crippen LogP contribution in [0.5, 0.6) is 5.75 Å². The van der Waals surface area contributed by atoms with E-state index in [1.165, 1.54) is 6.07 Å². The third-order valence-corrected chi connectivity index (χ3v) is 6.51. The zero-order valence-electron chi connectivity index (χ0n) is 14.0. The summed E-state index contributed by atoms with van der Waals surface area (Å²) >= 11 is 0. The van der Waals surface area contributed by atoms with Crippen LogP contribution < -0.4 is 4.74 Å². The van der Waals surface area contributed by atoms with Gasteiger partial charge in [0.25, 0.3) is 0 Å². The van der Waals surface area contributed by atoms with Crippen LogP contribution in [0.4, 0.5) is 13.2 Å². The molecule has 1 heterocycles. The molecule has 1 atom stereocenters. The number of halogens is 3. The molecule has 5 nitrogen and oxygen atoms in total. The zero-order chi connectivity index (χ0) is 19.6. The van der Waals surface area contributed by atoms with Gasteiger partial charge in [0.1, 0.15) is 5.25 Å². The van der Waals surface area contributed by atoms with Crippen molar-refractivity contribution in [1.82, 2.24) is 4.31 Å². The first-order valence-corrected chi connectivity index (χ1v) is 9.62. The number of carbonyl (C=O) groups excluding carboxylic acids is 1. The lowest BCUT2D eigenvalue weighted by Gasteiger charge is -2.17. The number of alkyl halides is 2. The maximum absolute atomic E-state index is 13.8. The summed E-state index contributed by atoms with van der Waals surface area (Å²) in [5.41, 5.74) is 0.768. The summed E-state index contributed by atoms with van der Waals surface area (Å²) in [5, 5.41) is -0.804. The molecule has 1 unspecified atom stereocenters. The van der Waals surface area contributed by atoms with Crippen LogP contribution in [0.3, 0.4) is 0 Å². The molecule has 1 amide bonds. The molecule has 0 N–H and O–H groups in total. The Morgan fingerprint density at radius 2 is 1.89 bits per heavy atom. The average molecular weight is 399 g/mol. The lowest BCUT2D eigenvalue weighted by atomic mass is 10.1. The van der Waals surface area contributed by atoms with Gasteiger partial charge in [-0.05, 0) is 29.7 Å². The Morgan fingerprint density at radius 1 is 1.19 bits per heavy atom. The van der Waals surface area contributed by atoms with E-state index in [0.717, 1.165) is 16.4 Å². The zero-order valence-corrected chi connectivity index (χ0v) is 14.8. The van der Waals surface area contributed by atoms with Gasteiger partial charge in [-0.3, -0.25) is 4.79 Å². The summed E-state index contributed by atoms with van der Waals surface area (Å²) in [6, 6.07) is 11.7. The summed E-state index contributed by atoms with van der Waals surface area (Å²) in [6.45, 7) is -3.13. The van der Waals surface area contributed by atoms with Crippen molar-refractivity contribution >= 4 is 15.9 Å². The van der Waals surface area contributed by atoms with Gasteiger partial charge in [0.2, 0.25) is 15.9 Å². The van der Waals surface area contributed by atoms with Gasteiger partial charge in [-0.15, -0.1) is 0 Å². The molecule has 1 aliphatic rings. The maximum Gasteiger partial charge on any atom is 0.387 e. The van der Waals surface area contributed by atoms with Crippen molar-refractivity contribution < 1.29 is 31.1 Å². The number of hydrogen-bond donors (Lipinski definition) is 0. The Bertz CT molecular complexity index is 935. The van der Waals surface area contributed by atoms with E-state index in [9.17, 15) is 26.4 Å². The standard InChI is InChI=1S/C18H16F3NO4S/c19-14-10-12(6-7-15(14)26-18(20)21)11-17(23)22-9-8-16(27(22,24)25)13-4-2-1-3-5-13/h1-7,10,16,18H,8-9,11H2. The Hall–Kier alpha value is -2.55. The van der Waals surface area contributed by atoms with Crippen molar-refractivity contribution in [3.63, 3.8) is 0 Å². The summed E-state index contributed by atoms with van der Waals surface area (Å²) in [6.07, 6.45) is -0.0970. The van der Waals surface area contributed by atoms with Gasteiger partial charge < -0.3 is 4.74 Å². The number of carbonyl (C=O) groups is 1. The van der Waals surface area contributed by atoms with E-state index < -0.39 is 39.4 Å². The second-order valence-electron chi connectivity index (χ2n) is 6.02. The van der Waals surface area contributed by atoms with Gasteiger partial charge in [-0.25, -0.2) is 17.1 Å². The molecule has 0 spiro atoms. The number of benzene rings is 2. The number of ether oxygens (including phenoxy) is 1. The predicted molar refractivity (Wildman–Crippen MR) is 91.2 cm³/mol. The molecule has 2 aromatic rings. The summed E-state index contributed by atoms with van der Waals surface area (Å²) in [7, 11) is -3.87. The second kappa shape index (κ2) is 7.59. The number of sulfonamides is 1. The molecule has 0 saturated carbocycles. The quantitative estimate of drug-likeness (QED) is 0.774. The lowest BCUT2D eigenvalue weighted by molar-refractivity contribution is -0.125. The van der Waals surface area contributed by atoms with Crippen molar-refractivity contribution in [3.8, 4) is 5.75 Å². The molecule has 0 bridgehead atoms. The fourth-order valence-electron chi connectivity index (χ4n) is 3.05. The van der Waals surface area contributed by atoms with Crippen LogP contribution in [-0.4, -0.2) is 31.8 Å². The third kappa shape index (κ3) is 4.08. The number of nitrogens with zero attached hydrogens (tertiary/aromatic N) is 1. The first-order chi connectivity index (χ1) is 12.8. The van der Waals surface area contributed by atoms with Gasteiger partial charge >= 0.3 is 6.61 Å². The van der Waals surface area contributed by atoms with Crippen molar-refractivity contribution in [1.29, 1.82) is 0 Å². The highest BCUT2D eigenvalue weighted by molar-refractivity contribution is 7.90. The molecular weight excluding hydrogens is 383 g/mol. The first kappa shape index (κ1) is 19.2. The maximum atomic E-state index is 13.8. The van der Waals surface area contributed by atoms with E-state index in [0.29, 0.717) is 5.56 Å². The van der Waals surface area contributed by atoms with Crippen molar-refractivity contribution in [3.05, 3.63) is 65.5 Å². The SMILES string of the molecule is O=C(Cc1ccc(OC(F)F)c(F)c1)N1CCC(c2ccccc2)S1(=O)=O. The van der Waals surface area contributed by atoms with Crippen LogP contribution in [0, 0.1) is 5.82 Å². The van der Waals surface area contributed by atoms with Crippen molar-refractivity contribution in [2.75, 3.05) is 6.54 Å². The van der Waals surface area contributed by atoms with Gasteiger partial charge in [0.05, 0.1) is 6.42 Å². The summed E-state index contributed by atoms with van der Waals surface area (Å²) in [4.78, 5) is 12.5. The smallest absolute Gasteiger partial charge is 0.387 e. The van der Waals surface area contributed by atoms with Crippen molar-refractivity contribution in [2.24, 2.45) is 0 Å². The molecule has 0 aliphatic carbocycles. The van der Waals surface area contributed by atoms with E-state index in [1.54, 1.807) is 30.3 Å². The molecular formula is C18H16F3NO4S. The second-order valence-corrected chi connectivity index (χ2v) is 8.06. The molecule has 1 saturated heterocycles. The predicted octanol–water partition coefficient (Wildman–Crippen LogP) is 3.27. The first-order valence-electron chi connectivity index (χ1n) is 8.11. The summed E-state index contributed by atoms with van der Waals surface area (Å²) < 4.78 is 68.3. The van der Waals surface area contributed by atoms with Gasteiger partial charge in [0, 0.05) is 6.54 Å². The van der Waals surface area contributed by atoms with E-state index in [-0.39, 0.29) is 24.9 Å². The minimum absolute atomic E-state index is 0.0375. The van der Waals surface area contributed by atoms with Crippen LogP contribution >= 0.6 is 0 Å². The highest BCUT2D eigenvalue weighted by Crippen LogP contribution is 2.35. The molecule has 144 valence electrons. The minimum atomic E-state index is -3.87. The minimum Gasteiger partial charge on any atom is -0.432 e. The Kier molecular flexibility index (Phi) is 5.41. The lowest BCUT2D eigenvalue weighted by Crippen LogP contribution is -2.34. The van der Waals surface area contributed by atoms with Crippen LogP contribution in [0.2, 0.25) is 0 Å². The molecule has 0 aromatic heterocycles. The number of hydrogen-bond acceptors (Lipinski definition) is 4. The Labute approximate surface area is 154 Å². The van der Waals surface area contributed by atoms with E-state index in [4.69, 9.17) is 0 Å². The highest BCUT2D eigenvalue weighted by atomic mass is 32.2. The molecule has 3 rings (SSSR count). The normalized spacial score (nSPS) is 18.7. The third-order valence-electron chi connectivity index (χ3n) is 4.28. The van der Waals surface area contributed by atoms with E-state index in [1.807, 2.05) is 0 Å². The van der Waals surface area contributed by atoms with Gasteiger partial charge in [0.15, 0.2) is 11.6 Å². The van der Waals surface area contributed by atoms with Gasteiger partial charge in [-0.2, -0.15) is 8.78 Å². The van der Waals surface area contributed by atoms with E-state index in [2.05, 4.69) is 4.74 Å². The van der Waals surface area contributed by atoms with Crippen molar-refractivity contribution in [2.45, 2.75) is 24.7 Å². The highest BCUT2D eigenvalue weighted by Gasteiger charge is 2.42. The Balaban J connectivity index is 1.74. The van der Waals surface area contributed by atoms with Crippen LogP contribution in [0.25, 0.3) is 0 Å². The Morgan fingerprint density at radius 3 is 2.52 bits per heavy atom. The molecule has 2 aromatic carbocycles. The molecule has 1 aliphatic heterocycles. The fourth-order valence-corrected chi connectivity index (χ4v) is 4.97. The van der Waals surface area contributed by atoms with Crippen LogP contribution in [-0.2, 0) is 21.2 Å². The van der Waals surface area contributed by atoms with Crippen LogP contribution in [0.15, 0.2) is 48.5 Å². The number of rotatable bonds is 5. The molecule has 27 heavy (non-hydrogen) atoms. The molecule has 1 fully saturated rings. The molecule has 9 heteroatoms. The molecule has 0 radical (unpaired) electrons. The monoisotopic (exact) mass is 399 g/mol. The van der Waals surface area contributed by atoms with Gasteiger partial charge in [-0.1, -0.05) is 36.4 Å². The topological polar surface area (TPSA) is 63.7 Å². The fraction of sp³-hybridized carbons (Fsp3) is 0.278. The summed E-state index contributed by atoms with van der Waals surface area (Å²) in [5.74, 6) is -2.39.